The average Bonchev–Trinajstić information content (AvgIpc) is 2.99. The van der Waals surface area contributed by atoms with Gasteiger partial charge in [-0.1, -0.05) is 23.5 Å². The van der Waals surface area contributed by atoms with Gasteiger partial charge in [0.25, 0.3) is 0 Å². The molecule has 2 aromatic heterocycles. The lowest BCUT2D eigenvalue weighted by molar-refractivity contribution is 0.574. The summed E-state index contributed by atoms with van der Waals surface area (Å²) in [5.41, 5.74) is 1.38. The SMILES string of the molecule is Fc1ccccc1-c1nc2ccc(N3CCCCC3)nc2s1. The summed E-state index contributed by atoms with van der Waals surface area (Å²) in [4.78, 5) is 12.5. The lowest BCUT2D eigenvalue weighted by Crippen LogP contribution is -2.29. The Bertz CT molecular complexity index is 809. The highest BCUT2D eigenvalue weighted by Gasteiger charge is 2.15. The van der Waals surface area contributed by atoms with Crippen LogP contribution < -0.4 is 4.90 Å². The van der Waals surface area contributed by atoms with Crippen molar-refractivity contribution in [1.82, 2.24) is 9.97 Å². The van der Waals surface area contributed by atoms with E-state index in [4.69, 9.17) is 4.98 Å². The fourth-order valence-corrected chi connectivity index (χ4v) is 3.82. The number of piperidine rings is 1. The van der Waals surface area contributed by atoms with Crippen LogP contribution in [0.4, 0.5) is 10.2 Å². The number of halogens is 1. The largest absolute Gasteiger partial charge is 0.357 e. The van der Waals surface area contributed by atoms with Crippen molar-refractivity contribution in [3.8, 4) is 10.6 Å². The third-order valence-electron chi connectivity index (χ3n) is 4.03. The Balaban J connectivity index is 1.73. The maximum absolute atomic E-state index is 13.9. The standard InChI is InChI=1S/C17H16FN3S/c18-13-7-3-2-6-12(13)16-19-14-8-9-15(20-17(14)22-16)21-10-4-1-5-11-21/h2-3,6-9H,1,4-5,10-11H2. The number of nitrogens with zero attached hydrogens (tertiary/aromatic N) is 3. The summed E-state index contributed by atoms with van der Waals surface area (Å²) in [6.07, 6.45) is 3.75. The molecule has 0 amide bonds. The first-order valence-electron chi connectivity index (χ1n) is 7.59. The molecular formula is C17H16FN3S. The minimum atomic E-state index is -0.238. The van der Waals surface area contributed by atoms with E-state index in [9.17, 15) is 4.39 Å². The molecule has 0 radical (unpaired) electrons. The summed E-state index contributed by atoms with van der Waals surface area (Å²) in [5.74, 6) is 0.772. The second kappa shape index (κ2) is 5.65. The number of rotatable bonds is 2. The van der Waals surface area contributed by atoms with E-state index in [0.29, 0.717) is 10.6 Å². The van der Waals surface area contributed by atoms with E-state index in [1.807, 2.05) is 18.2 Å². The number of hydrogen-bond donors (Lipinski definition) is 0. The van der Waals surface area contributed by atoms with Crippen LogP contribution in [0.1, 0.15) is 19.3 Å². The average molecular weight is 313 g/mol. The second-order valence-electron chi connectivity index (χ2n) is 5.54. The van der Waals surface area contributed by atoms with E-state index in [-0.39, 0.29) is 5.82 Å². The molecule has 3 heterocycles. The van der Waals surface area contributed by atoms with Gasteiger partial charge in [-0.25, -0.2) is 14.4 Å². The maximum Gasteiger partial charge on any atom is 0.146 e. The molecule has 0 bridgehead atoms. The number of hydrogen-bond acceptors (Lipinski definition) is 4. The van der Waals surface area contributed by atoms with Crippen molar-refractivity contribution in [2.45, 2.75) is 19.3 Å². The van der Waals surface area contributed by atoms with Crippen molar-refractivity contribution in [3.05, 3.63) is 42.2 Å². The summed E-state index contributed by atoms with van der Waals surface area (Å²) in [6.45, 7) is 2.13. The van der Waals surface area contributed by atoms with E-state index in [2.05, 4.69) is 9.88 Å². The summed E-state index contributed by atoms with van der Waals surface area (Å²) in [5, 5.41) is 0.691. The molecule has 0 spiro atoms. The Morgan fingerprint density at radius 3 is 2.59 bits per heavy atom. The molecule has 1 fully saturated rings. The molecule has 1 aliphatic heterocycles. The van der Waals surface area contributed by atoms with Crippen LogP contribution in [-0.4, -0.2) is 23.1 Å². The molecule has 22 heavy (non-hydrogen) atoms. The van der Waals surface area contributed by atoms with Crippen LogP contribution in [-0.2, 0) is 0 Å². The lowest BCUT2D eigenvalue weighted by atomic mass is 10.1. The van der Waals surface area contributed by atoms with Crippen molar-refractivity contribution < 1.29 is 4.39 Å². The van der Waals surface area contributed by atoms with E-state index in [0.717, 1.165) is 29.3 Å². The fourth-order valence-electron chi connectivity index (χ4n) is 2.86. The van der Waals surface area contributed by atoms with Gasteiger partial charge < -0.3 is 4.90 Å². The molecule has 0 unspecified atom stereocenters. The zero-order valence-corrected chi connectivity index (χ0v) is 12.9. The number of aromatic nitrogens is 2. The normalized spacial score (nSPS) is 15.4. The summed E-state index contributed by atoms with van der Waals surface area (Å²) in [7, 11) is 0. The van der Waals surface area contributed by atoms with Crippen LogP contribution in [0.25, 0.3) is 20.9 Å². The Morgan fingerprint density at radius 2 is 1.77 bits per heavy atom. The van der Waals surface area contributed by atoms with Crippen LogP contribution in [0.3, 0.4) is 0 Å². The molecule has 1 aliphatic rings. The summed E-state index contributed by atoms with van der Waals surface area (Å²) in [6, 6.07) is 10.8. The molecule has 3 nitrogen and oxygen atoms in total. The topological polar surface area (TPSA) is 29.0 Å². The fraction of sp³-hybridized carbons (Fsp3) is 0.294. The molecule has 5 heteroatoms. The van der Waals surface area contributed by atoms with Gasteiger partial charge in [-0.05, 0) is 43.5 Å². The minimum Gasteiger partial charge on any atom is -0.357 e. The molecular weight excluding hydrogens is 297 g/mol. The van der Waals surface area contributed by atoms with E-state index in [1.54, 1.807) is 12.1 Å². The van der Waals surface area contributed by atoms with Gasteiger partial charge in [0, 0.05) is 18.7 Å². The minimum absolute atomic E-state index is 0.238. The highest BCUT2D eigenvalue weighted by atomic mass is 32.1. The molecule has 0 N–H and O–H groups in total. The first-order chi connectivity index (χ1) is 10.8. The third-order valence-corrected chi connectivity index (χ3v) is 5.02. The molecule has 4 rings (SSSR count). The second-order valence-corrected chi connectivity index (χ2v) is 6.52. The Labute approximate surface area is 132 Å². The quantitative estimate of drug-likeness (QED) is 0.698. The van der Waals surface area contributed by atoms with Crippen LogP contribution in [0, 0.1) is 5.82 Å². The van der Waals surface area contributed by atoms with Crippen molar-refractivity contribution in [1.29, 1.82) is 0 Å². The number of fused-ring (bicyclic) bond motifs is 1. The van der Waals surface area contributed by atoms with Crippen LogP contribution in [0.15, 0.2) is 36.4 Å². The molecule has 3 aromatic rings. The van der Waals surface area contributed by atoms with Crippen molar-refractivity contribution in [2.24, 2.45) is 0 Å². The smallest absolute Gasteiger partial charge is 0.146 e. The monoisotopic (exact) mass is 313 g/mol. The van der Waals surface area contributed by atoms with Gasteiger partial charge in [0.15, 0.2) is 0 Å². The van der Waals surface area contributed by atoms with Gasteiger partial charge in [-0.15, -0.1) is 0 Å². The van der Waals surface area contributed by atoms with Gasteiger partial charge >= 0.3 is 0 Å². The predicted molar refractivity (Wildman–Crippen MR) is 88.9 cm³/mol. The highest BCUT2D eigenvalue weighted by Crippen LogP contribution is 2.32. The van der Waals surface area contributed by atoms with Crippen molar-refractivity contribution in [2.75, 3.05) is 18.0 Å². The lowest BCUT2D eigenvalue weighted by Gasteiger charge is -2.27. The van der Waals surface area contributed by atoms with Gasteiger partial charge in [0.05, 0.1) is 0 Å². The zero-order valence-electron chi connectivity index (χ0n) is 12.1. The van der Waals surface area contributed by atoms with E-state index < -0.39 is 0 Å². The first-order valence-corrected chi connectivity index (χ1v) is 8.40. The van der Waals surface area contributed by atoms with Gasteiger partial charge in [0.1, 0.15) is 27.0 Å². The molecule has 0 saturated carbocycles. The summed E-state index contributed by atoms with van der Waals surface area (Å²) >= 11 is 1.45. The van der Waals surface area contributed by atoms with Gasteiger partial charge in [-0.2, -0.15) is 0 Å². The Hall–Kier alpha value is -2.01. The van der Waals surface area contributed by atoms with Crippen LogP contribution in [0.2, 0.25) is 0 Å². The van der Waals surface area contributed by atoms with Crippen molar-refractivity contribution >= 4 is 27.5 Å². The number of thiazole rings is 1. The maximum atomic E-state index is 13.9. The number of benzene rings is 1. The third kappa shape index (κ3) is 2.46. The van der Waals surface area contributed by atoms with Gasteiger partial charge in [-0.3, -0.25) is 0 Å². The number of pyridine rings is 1. The van der Waals surface area contributed by atoms with Crippen LogP contribution >= 0.6 is 11.3 Å². The van der Waals surface area contributed by atoms with Gasteiger partial charge in [0.2, 0.25) is 0 Å². The number of anilines is 1. The molecule has 1 aromatic carbocycles. The van der Waals surface area contributed by atoms with Crippen LogP contribution in [0.5, 0.6) is 0 Å². The van der Waals surface area contributed by atoms with Crippen molar-refractivity contribution in [3.63, 3.8) is 0 Å². The van der Waals surface area contributed by atoms with E-state index in [1.165, 1.54) is 36.7 Å². The van der Waals surface area contributed by atoms with E-state index >= 15 is 0 Å². The zero-order chi connectivity index (χ0) is 14.9. The molecule has 0 atom stereocenters. The molecule has 1 saturated heterocycles. The molecule has 0 aliphatic carbocycles. The highest BCUT2D eigenvalue weighted by molar-refractivity contribution is 7.21. The molecule has 112 valence electrons. The predicted octanol–water partition coefficient (Wildman–Crippen LogP) is 4.49. The Kier molecular flexibility index (Phi) is 3.50. The Morgan fingerprint density at radius 1 is 0.955 bits per heavy atom. The summed E-state index contributed by atoms with van der Waals surface area (Å²) < 4.78 is 13.9. The first kappa shape index (κ1) is 13.6.